The van der Waals surface area contributed by atoms with Gasteiger partial charge in [-0.1, -0.05) is 266 Å². The fraction of sp³-hybridized carbons (Fsp3) is 0.946. The zero-order valence-corrected chi connectivity index (χ0v) is 42.7. The van der Waals surface area contributed by atoms with Crippen molar-refractivity contribution in [3.63, 3.8) is 0 Å². The summed E-state index contributed by atoms with van der Waals surface area (Å²) in [5, 5.41) is 0. The third-order valence-corrected chi connectivity index (χ3v) is 13.4. The van der Waals surface area contributed by atoms with Crippen LogP contribution in [0, 0.1) is 17.8 Å². The van der Waals surface area contributed by atoms with Crippen molar-refractivity contribution < 1.29 is 28.6 Å². The van der Waals surface area contributed by atoms with Gasteiger partial charge >= 0.3 is 17.9 Å². The van der Waals surface area contributed by atoms with Gasteiger partial charge in [-0.3, -0.25) is 14.4 Å². The van der Waals surface area contributed by atoms with Crippen molar-refractivity contribution >= 4 is 17.9 Å². The molecule has 0 amide bonds. The molecule has 368 valence electrons. The molecule has 0 aliphatic carbocycles. The van der Waals surface area contributed by atoms with E-state index in [0.29, 0.717) is 19.3 Å². The van der Waals surface area contributed by atoms with E-state index in [2.05, 4.69) is 41.5 Å². The van der Waals surface area contributed by atoms with E-state index in [-0.39, 0.29) is 31.1 Å². The Morgan fingerprint density at radius 2 is 0.565 bits per heavy atom. The number of hydrogen-bond acceptors (Lipinski definition) is 6. The summed E-state index contributed by atoms with van der Waals surface area (Å²) in [5.41, 5.74) is 0. The maximum absolute atomic E-state index is 12.8. The second-order valence-electron chi connectivity index (χ2n) is 20.2. The molecule has 3 atom stereocenters. The largest absolute Gasteiger partial charge is 0.462 e. The van der Waals surface area contributed by atoms with Crippen LogP contribution in [0.3, 0.4) is 0 Å². The first-order chi connectivity index (χ1) is 30.2. The van der Waals surface area contributed by atoms with Crippen LogP contribution in [0.4, 0.5) is 0 Å². The Morgan fingerprint density at radius 1 is 0.323 bits per heavy atom. The molecule has 0 saturated carbocycles. The highest BCUT2D eigenvalue weighted by Crippen LogP contribution is 2.19. The van der Waals surface area contributed by atoms with E-state index in [4.69, 9.17) is 14.2 Å². The van der Waals surface area contributed by atoms with E-state index in [1.807, 2.05) is 0 Å². The minimum atomic E-state index is -0.763. The normalized spacial score (nSPS) is 13.0. The van der Waals surface area contributed by atoms with Crippen LogP contribution in [-0.4, -0.2) is 37.2 Å². The molecule has 0 fully saturated rings. The Morgan fingerprint density at radius 3 is 0.839 bits per heavy atom. The number of hydrogen-bond donors (Lipinski definition) is 0. The van der Waals surface area contributed by atoms with Crippen molar-refractivity contribution in [2.75, 3.05) is 13.2 Å². The molecule has 6 nitrogen and oxygen atoms in total. The van der Waals surface area contributed by atoms with Crippen LogP contribution in [-0.2, 0) is 28.6 Å². The summed E-state index contributed by atoms with van der Waals surface area (Å²) >= 11 is 0. The van der Waals surface area contributed by atoms with Crippen molar-refractivity contribution in [2.24, 2.45) is 17.8 Å². The van der Waals surface area contributed by atoms with E-state index < -0.39 is 6.10 Å². The molecule has 62 heavy (non-hydrogen) atoms. The molecule has 0 bridgehead atoms. The van der Waals surface area contributed by atoms with E-state index in [1.54, 1.807) is 0 Å². The first kappa shape index (κ1) is 60.4. The standard InChI is InChI=1S/C56H108O6/c1-7-51(5)43-37-31-25-19-17-15-13-11-9-10-12-14-16-18-20-27-33-39-45-54(57)60-48-53(49-61-55(58)46-40-34-29-23-24-30-36-42-50(3)4)62-56(59)47-41-35-28-22-21-26-32-38-44-52(6)8-2/h50-53H,7-49H2,1-6H3/t51?,52?,53-/m0/s1. The monoisotopic (exact) mass is 877 g/mol. The third-order valence-electron chi connectivity index (χ3n) is 13.4. The fourth-order valence-electron chi connectivity index (χ4n) is 8.40. The molecule has 0 aromatic heterocycles. The van der Waals surface area contributed by atoms with Gasteiger partial charge in [-0.2, -0.15) is 0 Å². The van der Waals surface area contributed by atoms with Crippen LogP contribution in [0.5, 0.6) is 0 Å². The van der Waals surface area contributed by atoms with Gasteiger partial charge in [0.1, 0.15) is 13.2 Å². The van der Waals surface area contributed by atoms with Gasteiger partial charge in [0.05, 0.1) is 0 Å². The van der Waals surface area contributed by atoms with Gasteiger partial charge in [-0.15, -0.1) is 0 Å². The van der Waals surface area contributed by atoms with Crippen LogP contribution in [0.15, 0.2) is 0 Å². The van der Waals surface area contributed by atoms with E-state index in [1.165, 1.54) is 186 Å². The molecule has 0 heterocycles. The summed E-state index contributed by atoms with van der Waals surface area (Å²) in [4.78, 5) is 38.0. The summed E-state index contributed by atoms with van der Waals surface area (Å²) in [6, 6.07) is 0. The van der Waals surface area contributed by atoms with E-state index >= 15 is 0 Å². The number of ether oxygens (including phenoxy) is 3. The average molecular weight is 877 g/mol. The van der Waals surface area contributed by atoms with E-state index in [0.717, 1.165) is 75.5 Å². The van der Waals surface area contributed by atoms with Gasteiger partial charge in [0.15, 0.2) is 6.10 Å². The number of carbonyl (C=O) groups excluding carboxylic acids is 3. The molecule has 6 heteroatoms. The van der Waals surface area contributed by atoms with Crippen molar-refractivity contribution in [1.82, 2.24) is 0 Å². The van der Waals surface area contributed by atoms with Crippen LogP contribution in [0.2, 0.25) is 0 Å². The van der Waals surface area contributed by atoms with Crippen LogP contribution >= 0.6 is 0 Å². The molecule has 0 N–H and O–H groups in total. The van der Waals surface area contributed by atoms with Crippen LogP contribution < -0.4 is 0 Å². The molecular formula is C56H108O6. The lowest BCUT2D eigenvalue weighted by molar-refractivity contribution is -0.167. The lowest BCUT2D eigenvalue weighted by Gasteiger charge is -2.18. The zero-order valence-electron chi connectivity index (χ0n) is 42.7. The Balaban J connectivity index is 4.19. The summed E-state index contributed by atoms with van der Waals surface area (Å²) in [6.07, 6.45) is 48.1. The molecule has 0 aliphatic rings. The Hall–Kier alpha value is -1.59. The molecular weight excluding hydrogens is 769 g/mol. The van der Waals surface area contributed by atoms with Crippen molar-refractivity contribution in [2.45, 2.75) is 311 Å². The second-order valence-corrected chi connectivity index (χ2v) is 20.2. The van der Waals surface area contributed by atoms with Crippen molar-refractivity contribution in [3.8, 4) is 0 Å². The number of unbranched alkanes of at least 4 members (excludes halogenated alkanes) is 30. The molecule has 0 aromatic rings. The molecule has 0 saturated heterocycles. The zero-order chi connectivity index (χ0) is 45.6. The smallest absolute Gasteiger partial charge is 0.306 e. The second kappa shape index (κ2) is 47.4. The average Bonchev–Trinajstić information content (AvgIpc) is 3.26. The van der Waals surface area contributed by atoms with Gasteiger partial charge in [0.25, 0.3) is 0 Å². The number of rotatable bonds is 49. The molecule has 0 rings (SSSR count). The summed E-state index contributed by atoms with van der Waals surface area (Å²) in [5.74, 6) is 1.68. The first-order valence-electron chi connectivity index (χ1n) is 27.7. The van der Waals surface area contributed by atoms with E-state index in [9.17, 15) is 14.4 Å². The maximum atomic E-state index is 12.8. The molecule has 2 unspecified atom stereocenters. The lowest BCUT2D eigenvalue weighted by atomic mass is 9.99. The van der Waals surface area contributed by atoms with Gasteiger partial charge in [-0.05, 0) is 37.0 Å². The predicted molar refractivity (Wildman–Crippen MR) is 266 cm³/mol. The minimum absolute atomic E-state index is 0.0650. The molecule has 0 radical (unpaired) electrons. The molecule has 0 aromatic carbocycles. The fourth-order valence-corrected chi connectivity index (χ4v) is 8.40. The van der Waals surface area contributed by atoms with Gasteiger partial charge in [-0.25, -0.2) is 0 Å². The van der Waals surface area contributed by atoms with Crippen LogP contribution in [0.25, 0.3) is 0 Å². The first-order valence-corrected chi connectivity index (χ1v) is 27.7. The van der Waals surface area contributed by atoms with Gasteiger partial charge < -0.3 is 14.2 Å². The highest BCUT2D eigenvalue weighted by Gasteiger charge is 2.19. The maximum Gasteiger partial charge on any atom is 0.306 e. The lowest BCUT2D eigenvalue weighted by Crippen LogP contribution is -2.30. The highest BCUT2D eigenvalue weighted by atomic mass is 16.6. The topological polar surface area (TPSA) is 78.9 Å². The van der Waals surface area contributed by atoms with Gasteiger partial charge in [0, 0.05) is 19.3 Å². The predicted octanol–water partition coefficient (Wildman–Crippen LogP) is 17.9. The Labute approximate surface area is 387 Å². The summed E-state index contributed by atoms with van der Waals surface area (Å²) < 4.78 is 16.8. The van der Waals surface area contributed by atoms with Gasteiger partial charge in [0.2, 0.25) is 0 Å². The highest BCUT2D eigenvalue weighted by molar-refractivity contribution is 5.71. The van der Waals surface area contributed by atoms with Crippen LogP contribution in [0.1, 0.15) is 305 Å². The Kier molecular flexibility index (Phi) is 46.2. The molecule has 0 aliphatic heterocycles. The Bertz CT molecular complexity index is 964. The quantitative estimate of drug-likeness (QED) is 0.0344. The third kappa shape index (κ3) is 46.4. The SMILES string of the molecule is CCC(C)CCCCCCCCCCCCCCCCCCCCC(=O)OC[C@@H](COC(=O)CCCCCCCCCC(C)C)OC(=O)CCCCCCCCCCC(C)CC. The van der Waals surface area contributed by atoms with Crippen molar-refractivity contribution in [3.05, 3.63) is 0 Å². The molecule has 0 spiro atoms. The van der Waals surface area contributed by atoms with Crippen molar-refractivity contribution in [1.29, 1.82) is 0 Å². The minimum Gasteiger partial charge on any atom is -0.462 e. The summed E-state index contributed by atoms with van der Waals surface area (Å²) in [6.45, 7) is 13.7. The summed E-state index contributed by atoms with van der Waals surface area (Å²) in [7, 11) is 0. The number of carbonyl (C=O) groups is 3. The number of esters is 3.